The van der Waals surface area contributed by atoms with Gasteiger partial charge >= 0.3 is 0 Å². The molecular formula is C12H15N5S. The standard InChI is InChI=1S/C12H15N5S/c1-6-10-11(7(13)5-9(14)16-10)18-12(6,2)8-3-4-15-17-8/h3-5,16H,13-14H2,1-2H3,(H,15,17). The van der Waals surface area contributed by atoms with Crippen molar-refractivity contribution in [3.8, 4) is 0 Å². The molecule has 0 fully saturated rings. The Morgan fingerprint density at radius 3 is 2.83 bits per heavy atom. The van der Waals surface area contributed by atoms with Gasteiger partial charge in [-0.25, -0.2) is 0 Å². The summed E-state index contributed by atoms with van der Waals surface area (Å²) in [6.45, 7) is 4.25. The first kappa shape index (κ1) is 11.3. The molecule has 0 radical (unpaired) electrons. The molecule has 0 bridgehead atoms. The minimum absolute atomic E-state index is 0.183. The maximum Gasteiger partial charge on any atom is 0.103 e. The first-order valence-corrected chi connectivity index (χ1v) is 6.48. The van der Waals surface area contributed by atoms with Crippen LogP contribution in [0.15, 0.2) is 46.0 Å². The molecule has 1 unspecified atom stereocenters. The zero-order valence-corrected chi connectivity index (χ0v) is 11.1. The molecule has 0 spiro atoms. The van der Waals surface area contributed by atoms with Gasteiger partial charge in [0.1, 0.15) is 5.82 Å². The van der Waals surface area contributed by atoms with Crippen molar-refractivity contribution >= 4 is 11.8 Å². The highest BCUT2D eigenvalue weighted by Crippen LogP contribution is 2.55. The maximum absolute atomic E-state index is 6.05. The van der Waals surface area contributed by atoms with Gasteiger partial charge in [-0.15, -0.1) is 11.8 Å². The molecule has 1 atom stereocenters. The van der Waals surface area contributed by atoms with Gasteiger partial charge in [0.15, 0.2) is 0 Å². The second-order valence-electron chi connectivity index (χ2n) is 4.61. The smallest absolute Gasteiger partial charge is 0.103 e. The summed E-state index contributed by atoms with van der Waals surface area (Å²) in [6.07, 6.45) is 3.52. The van der Waals surface area contributed by atoms with Gasteiger partial charge in [-0.05, 0) is 25.5 Å². The second-order valence-corrected chi connectivity index (χ2v) is 6.04. The Kier molecular flexibility index (Phi) is 2.25. The zero-order chi connectivity index (χ0) is 12.9. The fourth-order valence-electron chi connectivity index (χ4n) is 2.29. The van der Waals surface area contributed by atoms with Crippen molar-refractivity contribution in [2.24, 2.45) is 11.5 Å². The van der Waals surface area contributed by atoms with E-state index in [-0.39, 0.29) is 4.75 Å². The first-order valence-electron chi connectivity index (χ1n) is 5.67. The van der Waals surface area contributed by atoms with Crippen molar-refractivity contribution in [1.82, 2.24) is 15.5 Å². The van der Waals surface area contributed by atoms with Crippen molar-refractivity contribution in [1.29, 1.82) is 0 Å². The average molecular weight is 261 g/mol. The van der Waals surface area contributed by atoms with E-state index >= 15 is 0 Å². The van der Waals surface area contributed by atoms with E-state index in [9.17, 15) is 0 Å². The SMILES string of the molecule is CC1=C2NC(N)=CC(N)=C2SC1(C)c1ccn[nH]1. The summed E-state index contributed by atoms with van der Waals surface area (Å²) in [4.78, 5) is 1.05. The molecule has 3 heterocycles. The Balaban J connectivity index is 2.14. The van der Waals surface area contributed by atoms with Crippen LogP contribution in [0.2, 0.25) is 0 Å². The molecule has 0 saturated heterocycles. The number of dihydropyridines is 1. The molecule has 3 rings (SSSR count). The molecule has 0 saturated carbocycles. The van der Waals surface area contributed by atoms with Crippen LogP contribution in [0, 0.1) is 0 Å². The Morgan fingerprint density at radius 2 is 2.17 bits per heavy atom. The summed E-state index contributed by atoms with van der Waals surface area (Å²) in [5.41, 5.74) is 15.9. The molecule has 2 aliphatic rings. The predicted molar refractivity (Wildman–Crippen MR) is 72.9 cm³/mol. The average Bonchev–Trinajstić information content (AvgIpc) is 2.91. The van der Waals surface area contributed by atoms with E-state index in [2.05, 4.69) is 29.4 Å². The van der Waals surface area contributed by atoms with Crippen LogP contribution in [0.5, 0.6) is 0 Å². The first-order chi connectivity index (χ1) is 8.52. The Hall–Kier alpha value is -1.82. The number of allylic oxidation sites excluding steroid dienone is 1. The number of aromatic amines is 1. The van der Waals surface area contributed by atoms with Gasteiger partial charge in [0.25, 0.3) is 0 Å². The molecule has 0 amide bonds. The molecule has 1 aromatic rings. The molecule has 6 heteroatoms. The number of aromatic nitrogens is 2. The highest BCUT2D eigenvalue weighted by atomic mass is 32.2. The van der Waals surface area contributed by atoms with Crippen LogP contribution in [-0.4, -0.2) is 10.2 Å². The van der Waals surface area contributed by atoms with Crippen molar-refractivity contribution in [2.45, 2.75) is 18.6 Å². The van der Waals surface area contributed by atoms with Crippen LogP contribution < -0.4 is 16.8 Å². The van der Waals surface area contributed by atoms with Gasteiger partial charge in [-0.3, -0.25) is 5.10 Å². The van der Waals surface area contributed by atoms with Crippen LogP contribution in [0.1, 0.15) is 19.5 Å². The molecule has 0 aliphatic carbocycles. The molecule has 18 heavy (non-hydrogen) atoms. The number of H-pyrrole nitrogens is 1. The topological polar surface area (TPSA) is 92.8 Å². The largest absolute Gasteiger partial charge is 0.398 e. The molecular weight excluding hydrogens is 246 g/mol. The summed E-state index contributed by atoms with van der Waals surface area (Å²) in [5, 5.41) is 10.3. The lowest BCUT2D eigenvalue weighted by Gasteiger charge is -2.23. The van der Waals surface area contributed by atoms with Crippen LogP contribution in [0.4, 0.5) is 0 Å². The number of hydrogen-bond donors (Lipinski definition) is 4. The number of nitrogens with two attached hydrogens (primary N) is 2. The van der Waals surface area contributed by atoms with E-state index < -0.39 is 0 Å². The quantitative estimate of drug-likeness (QED) is 0.610. The van der Waals surface area contributed by atoms with E-state index in [1.54, 1.807) is 24.0 Å². The lowest BCUT2D eigenvalue weighted by molar-refractivity contribution is 0.761. The third-order valence-corrected chi connectivity index (χ3v) is 5.06. The molecule has 0 aromatic carbocycles. The Labute approximate surface area is 109 Å². The van der Waals surface area contributed by atoms with Gasteiger partial charge in [0.05, 0.1) is 26.7 Å². The molecule has 6 N–H and O–H groups in total. The van der Waals surface area contributed by atoms with Crippen molar-refractivity contribution in [3.05, 3.63) is 51.7 Å². The highest BCUT2D eigenvalue weighted by molar-refractivity contribution is 8.04. The number of hydrogen-bond acceptors (Lipinski definition) is 5. The molecule has 2 aliphatic heterocycles. The van der Waals surface area contributed by atoms with Gasteiger partial charge in [-0.1, -0.05) is 0 Å². The zero-order valence-electron chi connectivity index (χ0n) is 10.2. The van der Waals surface area contributed by atoms with Gasteiger partial charge in [0, 0.05) is 12.3 Å². The summed E-state index contributed by atoms with van der Waals surface area (Å²) in [6, 6.07) is 1.99. The summed E-state index contributed by atoms with van der Waals surface area (Å²) >= 11 is 1.72. The van der Waals surface area contributed by atoms with E-state index in [1.807, 2.05) is 6.07 Å². The minimum atomic E-state index is -0.183. The molecule has 5 nitrogen and oxygen atoms in total. The fraction of sp³-hybridized carbons (Fsp3) is 0.250. The predicted octanol–water partition coefficient (Wildman–Crippen LogP) is 1.22. The monoisotopic (exact) mass is 261 g/mol. The van der Waals surface area contributed by atoms with Crippen molar-refractivity contribution in [3.63, 3.8) is 0 Å². The van der Waals surface area contributed by atoms with Crippen LogP contribution >= 0.6 is 11.8 Å². The van der Waals surface area contributed by atoms with Crippen molar-refractivity contribution in [2.75, 3.05) is 0 Å². The van der Waals surface area contributed by atoms with Gasteiger partial charge in [-0.2, -0.15) is 5.10 Å². The third kappa shape index (κ3) is 1.38. The van der Waals surface area contributed by atoms with E-state index in [0.717, 1.165) is 16.3 Å². The van der Waals surface area contributed by atoms with Crippen molar-refractivity contribution < 1.29 is 0 Å². The van der Waals surface area contributed by atoms with Crippen LogP contribution in [-0.2, 0) is 4.75 Å². The minimum Gasteiger partial charge on any atom is -0.398 e. The Morgan fingerprint density at radius 1 is 1.39 bits per heavy atom. The number of fused-ring (bicyclic) bond motifs is 1. The highest BCUT2D eigenvalue weighted by Gasteiger charge is 2.42. The summed E-state index contributed by atoms with van der Waals surface area (Å²) in [7, 11) is 0. The van der Waals surface area contributed by atoms with E-state index in [1.165, 1.54) is 5.57 Å². The normalized spacial score (nSPS) is 27.1. The van der Waals surface area contributed by atoms with Crippen LogP contribution in [0.3, 0.4) is 0 Å². The number of rotatable bonds is 1. The van der Waals surface area contributed by atoms with Gasteiger partial charge in [0.2, 0.25) is 0 Å². The van der Waals surface area contributed by atoms with E-state index in [4.69, 9.17) is 11.5 Å². The lowest BCUT2D eigenvalue weighted by Crippen LogP contribution is -2.25. The number of nitrogens with zero attached hydrogens (tertiary/aromatic N) is 1. The number of nitrogens with one attached hydrogen (secondary N) is 2. The fourth-order valence-corrected chi connectivity index (χ4v) is 3.66. The molecule has 1 aromatic heterocycles. The van der Waals surface area contributed by atoms with Gasteiger partial charge < -0.3 is 16.8 Å². The number of thioether (sulfide) groups is 1. The van der Waals surface area contributed by atoms with Crippen LogP contribution in [0.25, 0.3) is 0 Å². The second kappa shape index (κ2) is 3.58. The Bertz CT molecular complexity index is 596. The lowest BCUT2D eigenvalue weighted by atomic mass is 9.95. The van der Waals surface area contributed by atoms with E-state index in [0.29, 0.717) is 11.5 Å². The molecule has 94 valence electrons. The summed E-state index contributed by atoms with van der Waals surface area (Å²) in [5.74, 6) is 0.583. The third-order valence-electron chi connectivity index (χ3n) is 3.48. The maximum atomic E-state index is 6.05. The summed E-state index contributed by atoms with van der Waals surface area (Å²) < 4.78 is -0.183.